The van der Waals surface area contributed by atoms with Crippen molar-refractivity contribution in [2.24, 2.45) is 0 Å². The van der Waals surface area contributed by atoms with Gasteiger partial charge in [-0.15, -0.1) is 0 Å². The van der Waals surface area contributed by atoms with Crippen molar-refractivity contribution in [3.8, 4) is 0 Å². The van der Waals surface area contributed by atoms with Crippen molar-refractivity contribution in [2.45, 2.75) is 19.9 Å². The van der Waals surface area contributed by atoms with Gasteiger partial charge >= 0.3 is 0 Å². The minimum absolute atomic E-state index is 0.198. The third kappa shape index (κ3) is 3.69. The molecule has 2 aromatic carbocycles. The van der Waals surface area contributed by atoms with E-state index in [-0.39, 0.29) is 18.3 Å². The molecule has 0 atom stereocenters. The largest absolute Gasteiger partial charge is 0.460 e. The van der Waals surface area contributed by atoms with Crippen molar-refractivity contribution in [1.82, 2.24) is 9.88 Å². The zero-order chi connectivity index (χ0) is 19.5. The van der Waals surface area contributed by atoms with Crippen LogP contribution in [0.25, 0.3) is 11.1 Å². The summed E-state index contributed by atoms with van der Waals surface area (Å²) in [7, 11) is 0. The maximum atomic E-state index is 14.2. The van der Waals surface area contributed by atoms with Gasteiger partial charge in [-0.3, -0.25) is 4.79 Å². The molecule has 2 aromatic heterocycles. The van der Waals surface area contributed by atoms with Crippen molar-refractivity contribution in [1.29, 1.82) is 0 Å². The van der Waals surface area contributed by atoms with E-state index in [0.717, 1.165) is 23.3 Å². The van der Waals surface area contributed by atoms with Gasteiger partial charge in [-0.1, -0.05) is 48.5 Å². The summed E-state index contributed by atoms with van der Waals surface area (Å²) in [4.78, 5) is 12.8. The van der Waals surface area contributed by atoms with E-state index >= 15 is 0 Å². The van der Waals surface area contributed by atoms with Gasteiger partial charge in [-0.25, -0.2) is 4.39 Å². The molecule has 0 radical (unpaired) electrons. The van der Waals surface area contributed by atoms with Crippen molar-refractivity contribution >= 4 is 17.0 Å². The fourth-order valence-corrected chi connectivity index (χ4v) is 3.38. The Bertz CT molecular complexity index is 1110. The minimum Gasteiger partial charge on any atom is -0.460 e. The second-order valence-electron chi connectivity index (χ2n) is 6.81. The Balaban J connectivity index is 1.58. The van der Waals surface area contributed by atoms with Crippen molar-refractivity contribution in [3.63, 3.8) is 0 Å². The standard InChI is InChI=1S/C23H21FN2O2/c1-16-13-20-22(28-16)14-21(26(20)15-18-9-5-6-10-19(18)24)23(27)25-12-11-17-7-3-2-4-8-17/h2-10,13-14H,11-12,15H2,1H3,(H,25,27). The molecule has 1 amide bonds. The third-order valence-electron chi connectivity index (χ3n) is 4.77. The van der Waals surface area contributed by atoms with E-state index in [1.807, 2.05) is 47.9 Å². The van der Waals surface area contributed by atoms with E-state index in [1.54, 1.807) is 24.3 Å². The molecule has 4 nitrogen and oxygen atoms in total. The van der Waals surface area contributed by atoms with Crippen LogP contribution in [0.3, 0.4) is 0 Å². The molecule has 0 aliphatic heterocycles. The number of carbonyl (C=O) groups is 1. The number of aromatic nitrogens is 1. The summed E-state index contributed by atoms with van der Waals surface area (Å²) >= 11 is 0. The molecule has 4 rings (SSSR count). The summed E-state index contributed by atoms with van der Waals surface area (Å²) in [5.74, 6) is 0.264. The highest BCUT2D eigenvalue weighted by Crippen LogP contribution is 2.25. The summed E-state index contributed by atoms with van der Waals surface area (Å²) in [6.45, 7) is 2.64. The second kappa shape index (κ2) is 7.72. The number of nitrogens with one attached hydrogen (secondary N) is 1. The number of hydrogen-bond donors (Lipinski definition) is 1. The molecular weight excluding hydrogens is 355 g/mol. The average molecular weight is 376 g/mol. The summed E-state index contributed by atoms with van der Waals surface area (Å²) in [6.07, 6.45) is 0.746. The average Bonchev–Trinajstić information content (AvgIpc) is 3.21. The molecule has 0 bridgehead atoms. The molecule has 1 N–H and O–H groups in total. The lowest BCUT2D eigenvalue weighted by Crippen LogP contribution is -2.28. The SMILES string of the molecule is Cc1cc2c(cc(C(=O)NCCc3ccccc3)n2Cc2ccccc2F)o1. The predicted molar refractivity (Wildman–Crippen MR) is 107 cm³/mol. The van der Waals surface area contributed by atoms with Gasteiger partial charge in [0.2, 0.25) is 0 Å². The highest BCUT2D eigenvalue weighted by atomic mass is 19.1. The monoisotopic (exact) mass is 376 g/mol. The second-order valence-corrected chi connectivity index (χ2v) is 6.81. The van der Waals surface area contributed by atoms with Crippen LogP contribution in [0.15, 0.2) is 71.1 Å². The first-order chi connectivity index (χ1) is 13.6. The molecule has 2 heterocycles. The zero-order valence-corrected chi connectivity index (χ0v) is 15.6. The molecule has 142 valence electrons. The van der Waals surface area contributed by atoms with Crippen LogP contribution in [0.5, 0.6) is 0 Å². The molecule has 5 heteroatoms. The smallest absolute Gasteiger partial charge is 0.268 e. The number of furan rings is 1. The quantitative estimate of drug-likeness (QED) is 0.530. The Morgan fingerprint density at radius 2 is 1.82 bits per heavy atom. The third-order valence-corrected chi connectivity index (χ3v) is 4.77. The van der Waals surface area contributed by atoms with Crippen LogP contribution < -0.4 is 5.32 Å². The predicted octanol–water partition coefficient (Wildman–Crippen LogP) is 4.70. The molecule has 0 aliphatic carbocycles. The molecular formula is C23H21FN2O2. The highest BCUT2D eigenvalue weighted by Gasteiger charge is 2.19. The van der Waals surface area contributed by atoms with Gasteiger partial charge in [0.1, 0.15) is 17.3 Å². The van der Waals surface area contributed by atoms with Crippen LogP contribution in [0.1, 0.15) is 27.4 Å². The number of carbonyl (C=O) groups excluding carboxylic acids is 1. The number of fused-ring (bicyclic) bond motifs is 1. The number of aryl methyl sites for hydroxylation is 1. The van der Waals surface area contributed by atoms with E-state index < -0.39 is 0 Å². The Labute approximate surface area is 162 Å². The molecule has 0 saturated carbocycles. The fraction of sp³-hybridized carbons (Fsp3) is 0.174. The van der Waals surface area contributed by atoms with Gasteiger partial charge in [-0.05, 0) is 25.0 Å². The maximum Gasteiger partial charge on any atom is 0.268 e. The van der Waals surface area contributed by atoms with Gasteiger partial charge in [0.05, 0.1) is 12.1 Å². The lowest BCUT2D eigenvalue weighted by atomic mass is 10.1. The van der Waals surface area contributed by atoms with E-state index in [0.29, 0.717) is 23.4 Å². The van der Waals surface area contributed by atoms with E-state index in [4.69, 9.17) is 4.42 Å². The van der Waals surface area contributed by atoms with E-state index in [9.17, 15) is 9.18 Å². The molecule has 0 saturated heterocycles. The number of amides is 1. The molecule has 28 heavy (non-hydrogen) atoms. The Kier molecular flexibility index (Phi) is 4.98. The number of hydrogen-bond acceptors (Lipinski definition) is 2. The normalized spacial score (nSPS) is 11.1. The van der Waals surface area contributed by atoms with Gasteiger partial charge in [0.25, 0.3) is 5.91 Å². The van der Waals surface area contributed by atoms with Crippen LogP contribution in [-0.4, -0.2) is 17.0 Å². The van der Waals surface area contributed by atoms with E-state index in [2.05, 4.69) is 5.32 Å². The minimum atomic E-state index is -0.292. The summed E-state index contributed by atoms with van der Waals surface area (Å²) in [5.41, 5.74) is 3.56. The maximum absolute atomic E-state index is 14.2. The van der Waals surface area contributed by atoms with Crippen molar-refractivity contribution in [3.05, 3.63) is 95.1 Å². The molecule has 0 unspecified atom stereocenters. The summed E-state index contributed by atoms with van der Waals surface area (Å²) in [6, 6.07) is 20.2. The van der Waals surface area contributed by atoms with Gasteiger partial charge in [-0.2, -0.15) is 0 Å². The Hall–Kier alpha value is -3.34. The van der Waals surface area contributed by atoms with Gasteiger partial charge in [0, 0.05) is 24.2 Å². The molecule has 0 spiro atoms. The highest BCUT2D eigenvalue weighted by molar-refractivity contribution is 5.97. The number of halogens is 1. The van der Waals surface area contributed by atoms with Crippen LogP contribution >= 0.6 is 0 Å². The van der Waals surface area contributed by atoms with Crippen molar-refractivity contribution in [2.75, 3.05) is 6.54 Å². The number of benzene rings is 2. The first-order valence-corrected chi connectivity index (χ1v) is 9.27. The Morgan fingerprint density at radius 1 is 1.07 bits per heavy atom. The van der Waals surface area contributed by atoms with Crippen LogP contribution in [0.4, 0.5) is 4.39 Å². The van der Waals surface area contributed by atoms with Crippen molar-refractivity contribution < 1.29 is 13.6 Å². The number of rotatable bonds is 6. The first kappa shape index (κ1) is 18.0. The molecule has 0 fully saturated rings. The first-order valence-electron chi connectivity index (χ1n) is 9.27. The van der Waals surface area contributed by atoms with E-state index in [1.165, 1.54) is 6.07 Å². The number of nitrogens with zero attached hydrogens (tertiary/aromatic N) is 1. The van der Waals surface area contributed by atoms with Gasteiger partial charge in [0.15, 0.2) is 5.58 Å². The fourth-order valence-electron chi connectivity index (χ4n) is 3.38. The zero-order valence-electron chi connectivity index (χ0n) is 15.6. The van der Waals surface area contributed by atoms with Crippen LogP contribution in [0.2, 0.25) is 0 Å². The lowest BCUT2D eigenvalue weighted by molar-refractivity contribution is 0.0945. The van der Waals surface area contributed by atoms with Crippen LogP contribution in [-0.2, 0) is 13.0 Å². The topological polar surface area (TPSA) is 47.2 Å². The molecule has 0 aliphatic rings. The summed E-state index contributed by atoms with van der Waals surface area (Å²) < 4.78 is 21.7. The van der Waals surface area contributed by atoms with Gasteiger partial charge < -0.3 is 14.3 Å². The Morgan fingerprint density at radius 3 is 2.61 bits per heavy atom. The lowest BCUT2D eigenvalue weighted by Gasteiger charge is -2.11. The molecule has 4 aromatic rings. The summed E-state index contributed by atoms with van der Waals surface area (Å²) in [5, 5.41) is 2.96. The van der Waals surface area contributed by atoms with Crippen LogP contribution in [0, 0.1) is 12.7 Å².